The Bertz CT molecular complexity index is 610. The van der Waals surface area contributed by atoms with E-state index in [1.807, 2.05) is 0 Å². The van der Waals surface area contributed by atoms with Crippen LogP contribution in [-0.2, 0) is 4.79 Å². The zero-order valence-electron chi connectivity index (χ0n) is 9.45. The number of hydrogen-bond acceptors (Lipinski definition) is 7. The van der Waals surface area contributed by atoms with Gasteiger partial charge >= 0.3 is 5.69 Å². The van der Waals surface area contributed by atoms with Gasteiger partial charge in [-0.3, -0.25) is 14.9 Å². The molecule has 1 heterocycles. The summed E-state index contributed by atoms with van der Waals surface area (Å²) in [6.45, 7) is 1.52. The fraction of sp³-hybridized carbons (Fsp3) is 0.300. The molecule has 0 spiro atoms. The predicted molar refractivity (Wildman–Crippen MR) is 64.5 cm³/mol. The minimum absolute atomic E-state index is 0.0962. The molecule has 0 aliphatic rings. The number of carbonyl (C=O) groups is 1. The second kappa shape index (κ2) is 5.13. The monoisotopic (exact) mass is 267 g/mol. The van der Waals surface area contributed by atoms with Crippen LogP contribution in [0.5, 0.6) is 0 Å². The topological polar surface area (TPSA) is 99.1 Å². The minimum atomic E-state index is -0.531. The first-order valence-electron chi connectivity index (χ1n) is 5.11. The van der Waals surface area contributed by atoms with Crippen LogP contribution < -0.4 is 0 Å². The maximum absolute atomic E-state index is 10.8. The van der Waals surface area contributed by atoms with Gasteiger partial charge in [0.25, 0.3) is 0 Å². The summed E-state index contributed by atoms with van der Waals surface area (Å²) in [6, 6.07) is 2.96. The number of nitrogens with zero attached hydrogens (tertiary/aromatic N) is 3. The average Bonchev–Trinajstić information content (AvgIpc) is 2.77. The van der Waals surface area contributed by atoms with Crippen molar-refractivity contribution in [1.82, 2.24) is 10.3 Å². The van der Waals surface area contributed by atoms with Gasteiger partial charge in [-0.25, -0.2) is 4.63 Å². The molecule has 0 saturated heterocycles. The van der Waals surface area contributed by atoms with Crippen LogP contribution >= 0.6 is 11.8 Å². The number of nitro benzene ring substituents is 1. The van der Waals surface area contributed by atoms with Crippen LogP contribution in [0.15, 0.2) is 21.7 Å². The van der Waals surface area contributed by atoms with Crippen molar-refractivity contribution >= 4 is 34.3 Å². The Balaban J connectivity index is 2.30. The highest BCUT2D eigenvalue weighted by Gasteiger charge is 2.19. The van der Waals surface area contributed by atoms with E-state index in [0.717, 1.165) is 4.90 Å². The third-order valence-corrected chi connectivity index (χ3v) is 3.31. The van der Waals surface area contributed by atoms with Crippen molar-refractivity contribution in [2.45, 2.75) is 18.2 Å². The van der Waals surface area contributed by atoms with Crippen LogP contribution in [0.25, 0.3) is 11.0 Å². The number of ketones is 1. The molecule has 2 rings (SSSR count). The summed E-state index contributed by atoms with van der Waals surface area (Å²) in [7, 11) is 0. The van der Waals surface area contributed by atoms with Gasteiger partial charge in [0.15, 0.2) is 5.52 Å². The first-order chi connectivity index (χ1) is 8.59. The number of thioether (sulfide) groups is 1. The van der Waals surface area contributed by atoms with Gasteiger partial charge in [0.05, 0.1) is 4.92 Å². The van der Waals surface area contributed by atoms with E-state index in [0.29, 0.717) is 17.7 Å². The van der Waals surface area contributed by atoms with Crippen LogP contribution in [0.1, 0.15) is 13.3 Å². The second-order valence-electron chi connectivity index (χ2n) is 3.60. The zero-order valence-corrected chi connectivity index (χ0v) is 10.3. The van der Waals surface area contributed by atoms with Gasteiger partial charge in [-0.15, -0.1) is 11.8 Å². The molecule has 0 unspecified atom stereocenters. The van der Waals surface area contributed by atoms with Gasteiger partial charge in [0.1, 0.15) is 5.78 Å². The summed E-state index contributed by atoms with van der Waals surface area (Å²) in [5.41, 5.74) is 0.354. The van der Waals surface area contributed by atoms with Crippen molar-refractivity contribution in [3.05, 3.63) is 22.2 Å². The Morgan fingerprint density at radius 1 is 1.44 bits per heavy atom. The molecule has 1 aromatic heterocycles. The minimum Gasteiger partial charge on any atom is -0.300 e. The van der Waals surface area contributed by atoms with E-state index in [2.05, 4.69) is 14.9 Å². The fourth-order valence-corrected chi connectivity index (χ4v) is 2.44. The van der Waals surface area contributed by atoms with Crippen LogP contribution in [0, 0.1) is 10.1 Å². The lowest BCUT2D eigenvalue weighted by molar-refractivity contribution is -0.383. The third kappa shape index (κ3) is 2.48. The molecule has 0 amide bonds. The number of nitro groups is 1. The largest absolute Gasteiger partial charge is 0.300 e. The fourth-order valence-electron chi connectivity index (χ4n) is 1.40. The van der Waals surface area contributed by atoms with E-state index < -0.39 is 4.92 Å². The molecule has 0 saturated carbocycles. The lowest BCUT2D eigenvalue weighted by Crippen LogP contribution is -1.93. The maximum Gasteiger partial charge on any atom is 0.300 e. The van der Waals surface area contributed by atoms with Gasteiger partial charge in [0.2, 0.25) is 5.52 Å². The molecule has 2 aromatic rings. The van der Waals surface area contributed by atoms with Crippen molar-refractivity contribution < 1.29 is 14.3 Å². The summed E-state index contributed by atoms with van der Waals surface area (Å²) in [5, 5.41) is 18.0. The van der Waals surface area contributed by atoms with Crippen molar-refractivity contribution in [3.8, 4) is 0 Å². The number of non-ortho nitro benzene ring substituents is 1. The van der Waals surface area contributed by atoms with Gasteiger partial charge < -0.3 is 0 Å². The smallest absolute Gasteiger partial charge is 0.300 e. The van der Waals surface area contributed by atoms with Gasteiger partial charge in [-0.2, -0.15) is 0 Å². The lowest BCUT2D eigenvalue weighted by atomic mass is 10.3. The molecular formula is C10H9N3O4S. The average molecular weight is 267 g/mol. The molecule has 0 aliphatic carbocycles. The summed E-state index contributed by atoms with van der Waals surface area (Å²) >= 11 is 1.40. The van der Waals surface area contributed by atoms with E-state index >= 15 is 0 Å². The summed E-state index contributed by atoms with van der Waals surface area (Å²) < 4.78 is 4.54. The third-order valence-electron chi connectivity index (χ3n) is 2.27. The molecule has 0 atom stereocenters. The Morgan fingerprint density at radius 3 is 2.83 bits per heavy atom. The molecular weight excluding hydrogens is 258 g/mol. The van der Waals surface area contributed by atoms with Crippen LogP contribution in [0.4, 0.5) is 5.69 Å². The normalized spacial score (nSPS) is 10.7. The zero-order chi connectivity index (χ0) is 13.1. The van der Waals surface area contributed by atoms with E-state index in [4.69, 9.17) is 0 Å². The van der Waals surface area contributed by atoms with Crippen molar-refractivity contribution in [1.29, 1.82) is 0 Å². The number of carbonyl (C=O) groups excluding carboxylic acids is 1. The Labute approximate surface area is 106 Å². The number of aromatic nitrogens is 2. The Kier molecular flexibility index (Phi) is 3.56. The van der Waals surface area contributed by atoms with Crippen LogP contribution in [-0.4, -0.2) is 26.8 Å². The van der Waals surface area contributed by atoms with Crippen molar-refractivity contribution in [2.75, 3.05) is 5.75 Å². The number of hydrogen-bond donors (Lipinski definition) is 0. The first-order valence-corrected chi connectivity index (χ1v) is 6.10. The summed E-state index contributed by atoms with van der Waals surface area (Å²) in [5.74, 6) is 0.689. The molecule has 0 N–H and O–H groups in total. The highest BCUT2D eigenvalue weighted by atomic mass is 32.2. The molecule has 94 valence electrons. The Hall–Kier alpha value is -1.96. The number of fused-ring (bicyclic) bond motifs is 1. The van der Waals surface area contributed by atoms with Gasteiger partial charge in [-0.05, 0) is 23.3 Å². The first kappa shape index (κ1) is 12.5. The maximum atomic E-state index is 10.8. The molecule has 7 nitrogen and oxygen atoms in total. The Morgan fingerprint density at radius 2 is 2.17 bits per heavy atom. The van der Waals surface area contributed by atoms with E-state index in [1.54, 1.807) is 6.07 Å². The molecule has 18 heavy (non-hydrogen) atoms. The standard InChI is InChI=1S/C10H9N3O4S/c1-6(14)4-5-18-8-3-2-7(13(15)16)9-10(8)12-17-11-9/h2-3H,4-5H2,1H3. The summed E-state index contributed by atoms with van der Waals surface area (Å²) in [4.78, 5) is 21.8. The predicted octanol–water partition coefficient (Wildman–Crippen LogP) is 2.20. The number of rotatable bonds is 5. The highest BCUT2D eigenvalue weighted by Crippen LogP contribution is 2.31. The number of Topliss-reactive ketones (excluding diaryl/α,β-unsaturated/α-hetero) is 1. The van der Waals surface area contributed by atoms with Crippen LogP contribution in [0.3, 0.4) is 0 Å². The molecule has 1 aromatic carbocycles. The molecule has 0 radical (unpaired) electrons. The second-order valence-corrected chi connectivity index (χ2v) is 4.74. The van der Waals surface area contributed by atoms with Crippen molar-refractivity contribution in [3.63, 3.8) is 0 Å². The molecule has 0 aliphatic heterocycles. The molecule has 0 fully saturated rings. The van der Waals surface area contributed by atoms with E-state index in [9.17, 15) is 14.9 Å². The SMILES string of the molecule is CC(=O)CCSc1ccc([N+](=O)[O-])c2nonc12. The lowest BCUT2D eigenvalue weighted by Gasteiger charge is -2.00. The van der Waals surface area contributed by atoms with Crippen molar-refractivity contribution in [2.24, 2.45) is 0 Å². The van der Waals surface area contributed by atoms with E-state index in [-0.39, 0.29) is 17.0 Å². The number of benzene rings is 1. The quantitative estimate of drug-likeness (QED) is 0.465. The van der Waals surface area contributed by atoms with Crippen LogP contribution in [0.2, 0.25) is 0 Å². The van der Waals surface area contributed by atoms with Gasteiger partial charge in [-0.1, -0.05) is 0 Å². The highest BCUT2D eigenvalue weighted by molar-refractivity contribution is 7.99. The molecule has 8 heteroatoms. The van der Waals surface area contributed by atoms with Gasteiger partial charge in [0, 0.05) is 23.1 Å². The molecule has 0 bridgehead atoms. The van der Waals surface area contributed by atoms with E-state index in [1.165, 1.54) is 24.8 Å². The summed E-state index contributed by atoms with van der Waals surface area (Å²) in [6.07, 6.45) is 0.439.